The Hall–Kier alpha value is -2.81. The van der Waals surface area contributed by atoms with Gasteiger partial charge in [0.25, 0.3) is 0 Å². The molecule has 0 aromatic heterocycles. The molecule has 2 aromatic rings. The van der Waals surface area contributed by atoms with Gasteiger partial charge in [0, 0.05) is 24.1 Å². The number of nitrogens with zero attached hydrogens (tertiary/aromatic N) is 1. The van der Waals surface area contributed by atoms with Crippen molar-refractivity contribution in [2.75, 3.05) is 0 Å². The molecule has 3 nitrogen and oxygen atoms in total. The Morgan fingerprint density at radius 1 is 1.08 bits per heavy atom. The number of carboxylic acid groups (broad SMARTS) is 1. The highest BCUT2D eigenvalue weighted by Gasteiger charge is 2.51. The topological polar surface area (TPSA) is 40.5 Å². The molecular weight excluding hydrogens is 310 g/mol. The molecule has 1 unspecified atom stereocenters. The molecule has 0 amide bonds. The molecule has 1 fully saturated rings. The lowest BCUT2D eigenvalue weighted by molar-refractivity contribution is -0.134. The van der Waals surface area contributed by atoms with E-state index in [9.17, 15) is 9.90 Å². The lowest BCUT2D eigenvalue weighted by Gasteiger charge is -2.43. The lowest BCUT2D eigenvalue weighted by Crippen LogP contribution is -2.45. The summed E-state index contributed by atoms with van der Waals surface area (Å²) >= 11 is 0. The Bertz CT molecular complexity index is 942. The number of fused-ring (bicyclic) bond motifs is 5. The number of carboxylic acids is 1. The van der Waals surface area contributed by atoms with E-state index in [0.717, 1.165) is 36.1 Å². The number of aliphatic carboxylic acids is 1. The fraction of sp³-hybridized carbons (Fsp3) is 0.227. The predicted molar refractivity (Wildman–Crippen MR) is 97.6 cm³/mol. The van der Waals surface area contributed by atoms with Gasteiger partial charge in [0.05, 0.1) is 0 Å². The Labute approximate surface area is 146 Å². The van der Waals surface area contributed by atoms with Crippen LogP contribution in [0.25, 0.3) is 16.7 Å². The predicted octanol–water partition coefficient (Wildman–Crippen LogP) is 4.31. The fourth-order valence-corrected chi connectivity index (χ4v) is 4.88. The van der Waals surface area contributed by atoms with Gasteiger partial charge < -0.3 is 10.0 Å². The fourth-order valence-electron chi connectivity index (χ4n) is 4.88. The molecule has 2 aliphatic heterocycles. The van der Waals surface area contributed by atoms with Crippen LogP contribution < -0.4 is 0 Å². The average molecular weight is 329 g/mol. The van der Waals surface area contributed by atoms with Crippen LogP contribution in [0.15, 0.2) is 66.5 Å². The van der Waals surface area contributed by atoms with Gasteiger partial charge in [0.2, 0.25) is 0 Å². The highest BCUT2D eigenvalue weighted by molar-refractivity contribution is 6.00. The Balaban J connectivity index is 1.74. The van der Waals surface area contributed by atoms with Crippen LogP contribution in [0.1, 0.15) is 24.0 Å². The van der Waals surface area contributed by atoms with Gasteiger partial charge in [-0.2, -0.15) is 0 Å². The van der Waals surface area contributed by atoms with Crippen LogP contribution in [0, 0.1) is 5.92 Å². The summed E-state index contributed by atoms with van der Waals surface area (Å²) in [5.74, 6) is -0.517. The second kappa shape index (κ2) is 5.09. The molecule has 2 heterocycles. The van der Waals surface area contributed by atoms with Crippen molar-refractivity contribution in [3.63, 3.8) is 0 Å². The summed E-state index contributed by atoms with van der Waals surface area (Å²) in [5.41, 5.74) is 7.24. The van der Waals surface area contributed by atoms with Gasteiger partial charge in [-0.3, -0.25) is 0 Å². The van der Waals surface area contributed by atoms with E-state index in [4.69, 9.17) is 0 Å². The van der Waals surface area contributed by atoms with Gasteiger partial charge in [-0.25, -0.2) is 4.79 Å². The van der Waals surface area contributed by atoms with E-state index >= 15 is 0 Å². The van der Waals surface area contributed by atoms with Crippen molar-refractivity contribution in [3.8, 4) is 11.1 Å². The summed E-state index contributed by atoms with van der Waals surface area (Å²) < 4.78 is 0. The van der Waals surface area contributed by atoms with E-state index in [-0.39, 0.29) is 0 Å². The second-order valence-electron chi connectivity index (χ2n) is 7.12. The van der Waals surface area contributed by atoms with Crippen molar-refractivity contribution >= 4 is 11.5 Å². The highest BCUT2D eigenvalue weighted by Crippen LogP contribution is 2.55. The number of carbonyl (C=O) groups is 1. The van der Waals surface area contributed by atoms with Gasteiger partial charge in [0.1, 0.15) is 5.70 Å². The molecule has 3 heteroatoms. The molecule has 2 atom stereocenters. The van der Waals surface area contributed by atoms with E-state index < -0.39 is 5.97 Å². The van der Waals surface area contributed by atoms with Crippen LogP contribution in [0.2, 0.25) is 0 Å². The van der Waals surface area contributed by atoms with Crippen molar-refractivity contribution in [3.05, 3.63) is 77.6 Å². The largest absolute Gasteiger partial charge is 0.477 e. The number of hydrogen-bond donors (Lipinski definition) is 1. The molecule has 2 aromatic carbocycles. The Kier molecular flexibility index (Phi) is 2.96. The van der Waals surface area contributed by atoms with E-state index in [0.29, 0.717) is 17.7 Å². The first kappa shape index (κ1) is 14.5. The number of hydrogen-bond acceptors (Lipinski definition) is 2. The normalized spacial score (nSPS) is 23.7. The molecule has 124 valence electrons. The zero-order chi connectivity index (χ0) is 17.1. The number of benzene rings is 2. The lowest BCUT2D eigenvalue weighted by atomic mass is 9.74. The van der Waals surface area contributed by atoms with Crippen molar-refractivity contribution in [2.45, 2.75) is 25.3 Å². The molecular formula is C22H19NO2. The Morgan fingerprint density at radius 2 is 1.84 bits per heavy atom. The molecule has 0 saturated carbocycles. The zero-order valence-corrected chi connectivity index (χ0v) is 13.9. The minimum atomic E-state index is -0.832. The average Bonchev–Trinajstić information content (AvgIpc) is 2.91. The van der Waals surface area contributed by atoms with Gasteiger partial charge in [-0.15, -0.1) is 0 Å². The summed E-state index contributed by atoms with van der Waals surface area (Å²) in [6, 6.07) is 17.0. The molecule has 1 N–H and O–H groups in total. The zero-order valence-electron chi connectivity index (χ0n) is 13.9. The minimum absolute atomic E-state index is 0.294. The smallest absolute Gasteiger partial charge is 0.352 e. The summed E-state index contributed by atoms with van der Waals surface area (Å²) in [5, 5.41) is 9.86. The van der Waals surface area contributed by atoms with Gasteiger partial charge in [0.15, 0.2) is 0 Å². The molecule has 5 rings (SSSR count). The van der Waals surface area contributed by atoms with E-state index in [2.05, 4.69) is 36.9 Å². The van der Waals surface area contributed by atoms with E-state index in [1.807, 2.05) is 23.1 Å². The van der Waals surface area contributed by atoms with Crippen LogP contribution >= 0.6 is 0 Å². The third-order valence-corrected chi connectivity index (χ3v) is 5.91. The first-order valence-electron chi connectivity index (χ1n) is 8.79. The third kappa shape index (κ3) is 1.89. The van der Waals surface area contributed by atoms with Crippen LogP contribution in [-0.2, 0) is 11.2 Å². The monoisotopic (exact) mass is 329 g/mol. The summed E-state index contributed by atoms with van der Waals surface area (Å²) in [6.07, 6.45) is 2.92. The van der Waals surface area contributed by atoms with Crippen LogP contribution in [0.3, 0.4) is 0 Å². The van der Waals surface area contributed by atoms with Gasteiger partial charge >= 0.3 is 5.97 Å². The van der Waals surface area contributed by atoms with Crippen LogP contribution in [0.4, 0.5) is 0 Å². The van der Waals surface area contributed by atoms with Gasteiger partial charge in [-0.1, -0.05) is 55.1 Å². The molecule has 0 spiro atoms. The SMILES string of the molecule is C=C1CC2[C@H]3CCc4c(cccc4-c4ccccc4)C3=C(C(=O)O)N12. The first-order valence-corrected chi connectivity index (χ1v) is 8.79. The van der Waals surface area contributed by atoms with E-state index in [1.54, 1.807) is 0 Å². The summed E-state index contributed by atoms with van der Waals surface area (Å²) in [6.45, 7) is 4.04. The van der Waals surface area contributed by atoms with Crippen molar-refractivity contribution in [1.82, 2.24) is 4.90 Å². The molecule has 3 aliphatic rings. The second-order valence-corrected chi connectivity index (χ2v) is 7.12. The molecule has 1 aliphatic carbocycles. The molecule has 0 bridgehead atoms. The van der Waals surface area contributed by atoms with Crippen LogP contribution in [0.5, 0.6) is 0 Å². The minimum Gasteiger partial charge on any atom is -0.477 e. The highest BCUT2D eigenvalue weighted by atomic mass is 16.4. The van der Waals surface area contributed by atoms with Crippen molar-refractivity contribution in [2.24, 2.45) is 5.92 Å². The molecule has 1 saturated heterocycles. The first-order chi connectivity index (χ1) is 12.2. The molecule has 0 radical (unpaired) electrons. The maximum atomic E-state index is 12.0. The van der Waals surface area contributed by atoms with Crippen molar-refractivity contribution < 1.29 is 9.90 Å². The van der Waals surface area contributed by atoms with E-state index in [1.165, 1.54) is 16.7 Å². The maximum absolute atomic E-state index is 12.0. The maximum Gasteiger partial charge on any atom is 0.352 e. The quantitative estimate of drug-likeness (QED) is 0.892. The summed E-state index contributed by atoms with van der Waals surface area (Å²) in [4.78, 5) is 14.0. The van der Waals surface area contributed by atoms with Crippen molar-refractivity contribution in [1.29, 1.82) is 0 Å². The molecule has 25 heavy (non-hydrogen) atoms. The standard InChI is InChI=1S/C22H19NO2/c1-13-12-19-18-11-10-16-15(14-6-3-2-4-7-14)8-5-9-17(16)20(18)21(22(24)25)23(13)19/h2-9,18-19H,1,10-12H2,(H,24,25)/t18-,19?/m1/s1. The third-order valence-electron chi connectivity index (χ3n) is 5.91. The number of rotatable bonds is 2. The Morgan fingerprint density at radius 3 is 2.56 bits per heavy atom. The van der Waals surface area contributed by atoms with Gasteiger partial charge in [-0.05, 0) is 40.7 Å². The summed E-state index contributed by atoms with van der Waals surface area (Å²) in [7, 11) is 0. The van der Waals surface area contributed by atoms with Crippen LogP contribution in [-0.4, -0.2) is 22.0 Å².